The lowest BCUT2D eigenvalue weighted by Crippen LogP contribution is -2.41. The molecule has 4 N–H and O–H groups in total. The van der Waals surface area contributed by atoms with Crippen LogP contribution in [0, 0.1) is 11.8 Å². The summed E-state index contributed by atoms with van der Waals surface area (Å²) in [6.45, 7) is 11.1. The van der Waals surface area contributed by atoms with Crippen LogP contribution < -0.4 is 11.1 Å². The molecule has 0 saturated heterocycles. The molecule has 4 rings (SSSR count). The summed E-state index contributed by atoms with van der Waals surface area (Å²) in [5.74, 6) is -1.77. The summed E-state index contributed by atoms with van der Waals surface area (Å²) < 4.78 is 10.4. The van der Waals surface area contributed by atoms with Gasteiger partial charge < -0.3 is 25.6 Å². The van der Waals surface area contributed by atoms with Crippen molar-refractivity contribution in [3.63, 3.8) is 0 Å². The van der Waals surface area contributed by atoms with Gasteiger partial charge >= 0.3 is 18.0 Å². The zero-order chi connectivity index (χ0) is 37.4. The molecule has 0 heterocycles. The topological polar surface area (TPSA) is 128 Å². The molecule has 272 valence electrons. The van der Waals surface area contributed by atoms with Crippen molar-refractivity contribution in [3.05, 3.63) is 120 Å². The zero-order valence-electron chi connectivity index (χ0n) is 30.8. The molecule has 8 nitrogen and oxygen atoms in total. The maximum absolute atomic E-state index is 12.2. The first-order chi connectivity index (χ1) is 24.2. The number of hydrogen-bond donors (Lipinski definition) is 3. The fraction of sp³-hybridized carbons (Fsp3) is 0.372. The van der Waals surface area contributed by atoms with E-state index in [1.165, 1.54) is 16.7 Å². The molecular weight excluding hydrogens is 640 g/mol. The highest BCUT2D eigenvalue weighted by Crippen LogP contribution is 2.22. The van der Waals surface area contributed by atoms with Crippen LogP contribution >= 0.6 is 0 Å². The van der Waals surface area contributed by atoms with Gasteiger partial charge in [0, 0.05) is 12.1 Å². The van der Waals surface area contributed by atoms with Gasteiger partial charge in [-0.2, -0.15) is 0 Å². The molecule has 4 aromatic rings. The second-order valence-corrected chi connectivity index (χ2v) is 14.0. The standard InChI is InChI=1S/C23H29NO4.C20H25NO2/c1-16(21(25)26)14-20(24-22(27)28-23(2,3)4)15-17-10-12-19(13-11-17)18-8-6-5-7-9-18;1-3-23-20(22)15(2)13-19(21)14-16-9-11-18(12-10-16)17-7-5-4-6-8-17/h5-13,16,20H,14-15H2,1-4H3,(H,24,27)(H,25,26);4-12,15,19H,3,13-14,21H2,1-2H3/t16-,20?;15-,19?/m11/s1. The number of esters is 1. The van der Waals surface area contributed by atoms with Gasteiger partial charge in [0.2, 0.25) is 0 Å². The Morgan fingerprint density at radius 1 is 0.686 bits per heavy atom. The fourth-order valence-electron chi connectivity index (χ4n) is 5.63. The van der Waals surface area contributed by atoms with Gasteiger partial charge in [-0.3, -0.25) is 9.59 Å². The van der Waals surface area contributed by atoms with Crippen LogP contribution in [0.5, 0.6) is 0 Å². The number of amides is 1. The second-order valence-electron chi connectivity index (χ2n) is 14.0. The molecule has 8 heteroatoms. The van der Waals surface area contributed by atoms with E-state index in [0.717, 1.165) is 23.1 Å². The van der Waals surface area contributed by atoms with E-state index in [1.54, 1.807) is 27.7 Å². The van der Waals surface area contributed by atoms with Gasteiger partial charge in [-0.05, 0) is 86.8 Å². The van der Waals surface area contributed by atoms with Crippen LogP contribution in [0.4, 0.5) is 4.79 Å². The van der Waals surface area contributed by atoms with Crippen LogP contribution in [0.1, 0.15) is 65.5 Å². The first-order valence-corrected chi connectivity index (χ1v) is 17.7. The average molecular weight is 695 g/mol. The summed E-state index contributed by atoms with van der Waals surface area (Å²) in [6.07, 6.45) is 1.73. The number of carboxylic acids is 1. The maximum Gasteiger partial charge on any atom is 0.407 e. The maximum atomic E-state index is 12.2. The minimum atomic E-state index is -0.879. The van der Waals surface area contributed by atoms with Crippen LogP contribution in [0.25, 0.3) is 22.3 Å². The van der Waals surface area contributed by atoms with Gasteiger partial charge in [-0.25, -0.2) is 4.79 Å². The number of alkyl carbamates (subject to hydrolysis) is 1. The Morgan fingerprint density at radius 3 is 1.57 bits per heavy atom. The Kier molecular flexibility index (Phi) is 15.9. The lowest BCUT2D eigenvalue weighted by molar-refractivity contribution is -0.147. The molecule has 0 radical (unpaired) electrons. The van der Waals surface area contributed by atoms with E-state index in [0.29, 0.717) is 25.9 Å². The van der Waals surface area contributed by atoms with Crippen molar-refractivity contribution < 1.29 is 29.0 Å². The lowest BCUT2D eigenvalue weighted by Gasteiger charge is -2.24. The highest BCUT2D eigenvalue weighted by molar-refractivity contribution is 5.72. The van der Waals surface area contributed by atoms with Gasteiger partial charge in [-0.1, -0.05) is 123 Å². The normalized spacial score (nSPS) is 13.4. The number of carbonyl (C=O) groups excluding carboxylic acids is 2. The van der Waals surface area contributed by atoms with Gasteiger partial charge in [0.05, 0.1) is 18.4 Å². The molecule has 0 spiro atoms. The second kappa shape index (κ2) is 20.0. The average Bonchev–Trinajstić information content (AvgIpc) is 3.09. The number of carbonyl (C=O) groups is 3. The number of ether oxygens (including phenoxy) is 2. The van der Waals surface area contributed by atoms with Gasteiger partial charge in [0.15, 0.2) is 0 Å². The Hall–Kier alpha value is -4.95. The Morgan fingerprint density at radius 2 is 1.14 bits per heavy atom. The van der Waals surface area contributed by atoms with E-state index in [2.05, 4.69) is 53.8 Å². The van der Waals surface area contributed by atoms with Crippen molar-refractivity contribution in [1.29, 1.82) is 0 Å². The molecule has 0 aromatic heterocycles. The van der Waals surface area contributed by atoms with E-state index in [4.69, 9.17) is 15.2 Å². The molecule has 0 aliphatic carbocycles. The van der Waals surface area contributed by atoms with Crippen LogP contribution in [0.2, 0.25) is 0 Å². The number of nitrogens with one attached hydrogen (secondary N) is 1. The number of nitrogens with two attached hydrogens (primary N) is 1. The molecule has 51 heavy (non-hydrogen) atoms. The molecule has 0 aliphatic heterocycles. The first kappa shape index (κ1) is 40.5. The summed E-state index contributed by atoms with van der Waals surface area (Å²) in [5.41, 5.74) is 12.4. The van der Waals surface area contributed by atoms with E-state index in [-0.39, 0.29) is 24.0 Å². The van der Waals surface area contributed by atoms with Gasteiger partial charge in [0.1, 0.15) is 5.60 Å². The van der Waals surface area contributed by atoms with Crippen LogP contribution in [0.15, 0.2) is 109 Å². The van der Waals surface area contributed by atoms with Crippen molar-refractivity contribution in [1.82, 2.24) is 5.32 Å². The first-order valence-electron chi connectivity index (χ1n) is 17.7. The molecule has 1 amide bonds. The zero-order valence-corrected chi connectivity index (χ0v) is 30.8. The SMILES string of the molecule is CCOC(=O)[C@H](C)CC(N)Cc1ccc(-c2ccccc2)cc1.C[C@H](CC(Cc1ccc(-c2ccccc2)cc1)NC(=O)OC(C)(C)C)C(=O)O. The minimum absolute atomic E-state index is 0.0445. The largest absolute Gasteiger partial charge is 0.481 e. The molecule has 0 bridgehead atoms. The molecule has 4 atom stereocenters. The van der Waals surface area contributed by atoms with E-state index in [1.807, 2.05) is 74.5 Å². The highest BCUT2D eigenvalue weighted by atomic mass is 16.6. The lowest BCUT2D eigenvalue weighted by atomic mass is 9.95. The van der Waals surface area contributed by atoms with E-state index >= 15 is 0 Å². The number of benzene rings is 4. The minimum Gasteiger partial charge on any atom is -0.481 e. The molecular formula is C43H54N2O6. The highest BCUT2D eigenvalue weighted by Gasteiger charge is 2.24. The smallest absolute Gasteiger partial charge is 0.407 e. The third-order valence-electron chi connectivity index (χ3n) is 8.23. The van der Waals surface area contributed by atoms with Crippen molar-refractivity contribution in [2.45, 2.75) is 84.9 Å². The van der Waals surface area contributed by atoms with Crippen LogP contribution in [0.3, 0.4) is 0 Å². The van der Waals surface area contributed by atoms with Crippen LogP contribution in [-0.2, 0) is 31.9 Å². The monoisotopic (exact) mass is 694 g/mol. The van der Waals surface area contributed by atoms with Crippen molar-refractivity contribution in [2.75, 3.05) is 6.61 Å². The third kappa shape index (κ3) is 14.8. The Balaban J connectivity index is 0.000000281. The third-order valence-corrected chi connectivity index (χ3v) is 8.23. The summed E-state index contributed by atoms with van der Waals surface area (Å²) >= 11 is 0. The predicted molar refractivity (Wildman–Crippen MR) is 204 cm³/mol. The summed E-state index contributed by atoms with van der Waals surface area (Å²) in [6, 6.07) is 36.5. The van der Waals surface area contributed by atoms with Crippen molar-refractivity contribution in [3.8, 4) is 22.3 Å². The Bertz CT molecular complexity index is 1630. The van der Waals surface area contributed by atoms with Gasteiger partial charge in [-0.15, -0.1) is 0 Å². The number of aliphatic carboxylic acids is 1. The summed E-state index contributed by atoms with van der Waals surface area (Å²) in [4.78, 5) is 35.1. The fourth-order valence-corrected chi connectivity index (χ4v) is 5.63. The quantitative estimate of drug-likeness (QED) is 0.113. The summed E-state index contributed by atoms with van der Waals surface area (Å²) in [7, 11) is 0. The van der Waals surface area contributed by atoms with Crippen molar-refractivity contribution >= 4 is 18.0 Å². The molecule has 0 aliphatic rings. The number of hydrogen-bond acceptors (Lipinski definition) is 6. The number of rotatable bonds is 14. The van der Waals surface area contributed by atoms with Crippen molar-refractivity contribution in [2.24, 2.45) is 17.6 Å². The van der Waals surface area contributed by atoms with E-state index in [9.17, 15) is 19.5 Å². The summed E-state index contributed by atoms with van der Waals surface area (Å²) in [5, 5.41) is 12.1. The Labute approximate surface area is 303 Å². The van der Waals surface area contributed by atoms with Crippen LogP contribution in [-0.4, -0.2) is 47.4 Å². The molecule has 4 aromatic carbocycles. The molecule has 0 saturated carbocycles. The van der Waals surface area contributed by atoms with Gasteiger partial charge in [0.25, 0.3) is 0 Å². The molecule has 0 fully saturated rings. The predicted octanol–water partition coefficient (Wildman–Crippen LogP) is 8.71. The van der Waals surface area contributed by atoms with E-state index < -0.39 is 23.6 Å². The molecule has 2 unspecified atom stereocenters. The number of carboxylic acid groups (broad SMARTS) is 1.